The van der Waals surface area contributed by atoms with Crippen molar-refractivity contribution in [1.29, 1.82) is 5.26 Å². The average molecular weight is 392 g/mol. The van der Waals surface area contributed by atoms with Crippen LogP contribution in [0.4, 0.5) is 0 Å². The molecule has 1 aromatic carbocycles. The van der Waals surface area contributed by atoms with Crippen LogP contribution in [0.3, 0.4) is 0 Å². The van der Waals surface area contributed by atoms with E-state index in [-0.39, 0.29) is 18.4 Å². The minimum absolute atomic E-state index is 0.150. The molecule has 0 saturated carbocycles. The van der Waals surface area contributed by atoms with Crippen LogP contribution in [0.5, 0.6) is 0 Å². The van der Waals surface area contributed by atoms with Gasteiger partial charge in [-0.2, -0.15) is 5.26 Å². The summed E-state index contributed by atoms with van der Waals surface area (Å²) in [5, 5.41) is 12.5. The summed E-state index contributed by atoms with van der Waals surface area (Å²) in [7, 11) is 0. The van der Waals surface area contributed by atoms with E-state index in [1.807, 2.05) is 24.3 Å². The zero-order chi connectivity index (χ0) is 19.5. The highest BCUT2D eigenvalue weighted by atomic mass is 32.2. The molecule has 0 aliphatic carbocycles. The summed E-state index contributed by atoms with van der Waals surface area (Å²) in [4.78, 5) is 30.9. The van der Waals surface area contributed by atoms with E-state index >= 15 is 0 Å². The number of furan rings is 1. The van der Waals surface area contributed by atoms with Gasteiger partial charge in [-0.25, -0.2) is 0 Å². The number of carbonyl (C=O) groups excluding carboxylic acids is 2. The SMILES string of the molecule is N#CC1CSCN1C(=O)CNC(=O)c1ccnc2ccc(-c3ccoc3)cc12. The molecule has 1 aliphatic rings. The van der Waals surface area contributed by atoms with Gasteiger partial charge in [-0.1, -0.05) is 6.07 Å². The van der Waals surface area contributed by atoms with Crippen LogP contribution in [0.1, 0.15) is 10.4 Å². The van der Waals surface area contributed by atoms with E-state index < -0.39 is 6.04 Å². The molecule has 7 nitrogen and oxygen atoms in total. The fourth-order valence-electron chi connectivity index (χ4n) is 3.10. The van der Waals surface area contributed by atoms with Gasteiger partial charge in [0.25, 0.3) is 5.91 Å². The molecule has 1 N–H and O–H groups in total. The molecular weight excluding hydrogens is 376 g/mol. The number of nitrogens with zero attached hydrogens (tertiary/aromatic N) is 3. The van der Waals surface area contributed by atoms with Gasteiger partial charge in [0.1, 0.15) is 6.04 Å². The van der Waals surface area contributed by atoms with Crippen LogP contribution in [0.2, 0.25) is 0 Å². The number of hydrogen-bond acceptors (Lipinski definition) is 6. The fraction of sp³-hybridized carbons (Fsp3) is 0.200. The van der Waals surface area contributed by atoms with Crippen molar-refractivity contribution in [2.24, 2.45) is 0 Å². The van der Waals surface area contributed by atoms with Crippen LogP contribution >= 0.6 is 11.8 Å². The van der Waals surface area contributed by atoms with Crippen molar-refractivity contribution in [3.05, 3.63) is 54.6 Å². The number of hydrogen-bond donors (Lipinski definition) is 1. The third kappa shape index (κ3) is 3.44. The first-order valence-electron chi connectivity index (χ1n) is 8.64. The van der Waals surface area contributed by atoms with Crippen molar-refractivity contribution < 1.29 is 14.0 Å². The van der Waals surface area contributed by atoms with Crippen molar-refractivity contribution in [2.45, 2.75) is 6.04 Å². The van der Waals surface area contributed by atoms with Crippen LogP contribution in [-0.4, -0.2) is 45.9 Å². The van der Waals surface area contributed by atoms with Crippen LogP contribution < -0.4 is 5.32 Å². The van der Waals surface area contributed by atoms with E-state index in [1.165, 1.54) is 16.7 Å². The molecule has 2 aromatic heterocycles. The Morgan fingerprint density at radius 3 is 3.00 bits per heavy atom. The lowest BCUT2D eigenvalue weighted by atomic mass is 10.0. The van der Waals surface area contributed by atoms with E-state index in [2.05, 4.69) is 16.4 Å². The summed E-state index contributed by atoms with van der Waals surface area (Å²) in [5.41, 5.74) is 2.94. The number of thioether (sulfide) groups is 1. The number of rotatable bonds is 4. The summed E-state index contributed by atoms with van der Waals surface area (Å²) in [6, 6.07) is 10.8. The van der Waals surface area contributed by atoms with Crippen molar-refractivity contribution in [3.8, 4) is 17.2 Å². The number of benzene rings is 1. The van der Waals surface area contributed by atoms with Crippen molar-refractivity contribution in [3.63, 3.8) is 0 Å². The van der Waals surface area contributed by atoms with Crippen molar-refractivity contribution in [2.75, 3.05) is 18.2 Å². The Labute approximate surface area is 165 Å². The molecule has 8 heteroatoms. The number of amides is 2. The summed E-state index contributed by atoms with van der Waals surface area (Å²) < 4.78 is 5.13. The maximum absolute atomic E-state index is 12.7. The Morgan fingerprint density at radius 2 is 2.21 bits per heavy atom. The topological polar surface area (TPSA) is 99.2 Å². The second-order valence-electron chi connectivity index (χ2n) is 6.29. The van der Waals surface area contributed by atoms with Gasteiger partial charge in [0, 0.05) is 22.9 Å². The predicted molar refractivity (Wildman–Crippen MR) is 105 cm³/mol. The first-order valence-corrected chi connectivity index (χ1v) is 9.79. The Balaban J connectivity index is 1.55. The lowest BCUT2D eigenvalue weighted by molar-refractivity contribution is -0.129. The maximum atomic E-state index is 12.7. The molecule has 3 aromatic rings. The second-order valence-corrected chi connectivity index (χ2v) is 7.29. The highest BCUT2D eigenvalue weighted by Crippen LogP contribution is 2.26. The molecule has 3 heterocycles. The first-order chi connectivity index (χ1) is 13.7. The number of carbonyl (C=O) groups is 2. The Hall–Kier alpha value is -3.31. The number of nitriles is 1. The van der Waals surface area contributed by atoms with E-state index in [0.29, 0.717) is 28.1 Å². The summed E-state index contributed by atoms with van der Waals surface area (Å²) >= 11 is 1.53. The van der Waals surface area contributed by atoms with Crippen molar-refractivity contribution >= 4 is 34.5 Å². The van der Waals surface area contributed by atoms with Crippen LogP contribution in [-0.2, 0) is 4.79 Å². The molecule has 1 atom stereocenters. The van der Waals surface area contributed by atoms with Gasteiger partial charge in [-0.15, -0.1) is 11.8 Å². The molecular formula is C20H16N4O3S. The Kier molecular flexibility index (Phi) is 5.00. The molecule has 4 rings (SSSR count). The second kappa shape index (κ2) is 7.74. The molecule has 0 radical (unpaired) electrons. The minimum atomic E-state index is -0.436. The van der Waals surface area contributed by atoms with Gasteiger partial charge in [-0.3, -0.25) is 14.6 Å². The number of pyridine rings is 1. The van der Waals surface area contributed by atoms with Crippen molar-refractivity contribution in [1.82, 2.24) is 15.2 Å². The molecule has 140 valence electrons. The zero-order valence-electron chi connectivity index (χ0n) is 14.8. The number of fused-ring (bicyclic) bond motifs is 1. The van der Waals surface area contributed by atoms with Gasteiger partial charge in [0.2, 0.25) is 5.91 Å². The van der Waals surface area contributed by atoms with Crippen LogP contribution in [0.25, 0.3) is 22.0 Å². The zero-order valence-corrected chi connectivity index (χ0v) is 15.6. The highest BCUT2D eigenvalue weighted by molar-refractivity contribution is 7.99. The van der Waals surface area contributed by atoms with Gasteiger partial charge >= 0.3 is 0 Å². The molecule has 28 heavy (non-hydrogen) atoms. The predicted octanol–water partition coefficient (Wildman–Crippen LogP) is 2.65. The van der Waals surface area contributed by atoms with Gasteiger partial charge < -0.3 is 14.6 Å². The van der Waals surface area contributed by atoms with E-state index in [9.17, 15) is 9.59 Å². The number of nitrogens with one attached hydrogen (secondary N) is 1. The molecule has 2 amide bonds. The Morgan fingerprint density at radius 1 is 1.32 bits per heavy atom. The third-order valence-electron chi connectivity index (χ3n) is 4.59. The first kappa shape index (κ1) is 18.1. The van der Waals surface area contributed by atoms with Gasteiger partial charge in [0.05, 0.1) is 42.1 Å². The maximum Gasteiger partial charge on any atom is 0.252 e. The molecule has 1 unspecified atom stereocenters. The average Bonchev–Trinajstić information content (AvgIpc) is 3.42. The van der Waals surface area contributed by atoms with Gasteiger partial charge in [0.15, 0.2) is 0 Å². The quantitative estimate of drug-likeness (QED) is 0.733. The summed E-state index contributed by atoms with van der Waals surface area (Å²) in [6.45, 7) is -0.150. The lowest BCUT2D eigenvalue weighted by Gasteiger charge is -2.18. The molecule has 1 saturated heterocycles. The smallest absolute Gasteiger partial charge is 0.252 e. The van der Waals surface area contributed by atoms with Crippen LogP contribution in [0, 0.1) is 11.3 Å². The minimum Gasteiger partial charge on any atom is -0.472 e. The lowest BCUT2D eigenvalue weighted by Crippen LogP contribution is -2.42. The normalized spacial score (nSPS) is 16.1. The van der Waals surface area contributed by atoms with E-state index in [4.69, 9.17) is 9.68 Å². The fourth-order valence-corrected chi connectivity index (χ4v) is 4.20. The largest absolute Gasteiger partial charge is 0.472 e. The Bertz CT molecular complexity index is 1070. The standard InChI is InChI=1S/C20H16N4O3S/c21-8-15-11-28-12-24(15)19(25)9-23-20(26)16-3-5-22-18-2-1-13(7-17(16)18)14-4-6-27-10-14/h1-7,10,15H,9,11-12H2,(H,23,26). The third-order valence-corrected chi connectivity index (χ3v) is 5.60. The van der Waals surface area contributed by atoms with Crippen LogP contribution in [0.15, 0.2) is 53.5 Å². The molecule has 0 bridgehead atoms. The van der Waals surface area contributed by atoms with E-state index in [0.717, 1.165) is 11.1 Å². The molecule has 1 fully saturated rings. The monoisotopic (exact) mass is 392 g/mol. The summed E-state index contributed by atoms with van der Waals surface area (Å²) in [5.74, 6) is 0.453. The highest BCUT2D eigenvalue weighted by Gasteiger charge is 2.29. The van der Waals surface area contributed by atoms with Gasteiger partial charge in [-0.05, 0) is 29.8 Å². The van der Waals surface area contributed by atoms with E-state index in [1.54, 1.807) is 24.8 Å². The molecule has 0 spiro atoms. The number of aromatic nitrogens is 1. The summed E-state index contributed by atoms with van der Waals surface area (Å²) in [6.07, 6.45) is 4.79. The molecule has 1 aliphatic heterocycles.